The molecular weight excluding hydrogens is 1990 g/mol. The Morgan fingerprint density at radius 1 is 0.452 bits per heavy atom. The topological polar surface area (TPSA) is 453 Å². The summed E-state index contributed by atoms with van der Waals surface area (Å²) in [5, 5.41) is 30.6. The molecule has 0 fully saturated rings. The molecule has 2 atom stereocenters. The number of nitrogen functional groups attached to an aromatic ring is 3. The summed E-state index contributed by atoms with van der Waals surface area (Å²) in [6.07, 6.45) is 33.6. The fourth-order valence-electron chi connectivity index (χ4n) is 7.69. The molecule has 6 aromatic rings. The van der Waals surface area contributed by atoms with Crippen LogP contribution in [0.25, 0.3) is 33.1 Å². The third-order valence-corrected chi connectivity index (χ3v) is 11.4. The van der Waals surface area contributed by atoms with Crippen molar-refractivity contribution in [2.45, 2.75) is 251 Å². The Hall–Kier alpha value is -6.91. The van der Waals surface area contributed by atoms with E-state index in [4.69, 9.17) is 42.0 Å². The minimum Gasteiger partial charge on any atom is -0.493 e. The Bertz CT molecular complexity index is 3910. The second kappa shape index (κ2) is 131. The van der Waals surface area contributed by atoms with Gasteiger partial charge in [-0.1, -0.05) is 161 Å². The second-order valence-electron chi connectivity index (χ2n) is 18.1. The molecule has 0 aliphatic carbocycles. The van der Waals surface area contributed by atoms with Gasteiger partial charge in [-0.2, -0.15) is 40.5 Å². The van der Waals surface area contributed by atoms with Crippen LogP contribution in [0.3, 0.4) is 0 Å². The molecule has 0 aromatic carbocycles. The van der Waals surface area contributed by atoms with Crippen molar-refractivity contribution < 1.29 is 202 Å². The van der Waals surface area contributed by atoms with E-state index in [1.165, 1.54) is 30.4 Å². The van der Waals surface area contributed by atoms with E-state index >= 15 is 0 Å². The number of carbonyl (C=O) groups is 7. The molecule has 0 aliphatic rings. The Labute approximate surface area is 880 Å². The Kier molecular flexibility index (Phi) is 213. The van der Waals surface area contributed by atoms with Gasteiger partial charge in [-0.15, -0.1) is 58.7 Å². The maximum atomic E-state index is 12.1. The number of nitrogens with zero attached hydrogens (tertiary/aromatic N) is 6. The number of H-pyrrole nitrogens is 3. The van der Waals surface area contributed by atoms with Crippen LogP contribution < -0.4 is 44.5 Å². The Morgan fingerprint density at radius 3 is 0.952 bits per heavy atom. The molecule has 6 aromatic heterocycles. The minimum atomic E-state index is -1.32. The monoisotopic (exact) mass is 2160 g/mol. The van der Waals surface area contributed by atoms with E-state index in [9.17, 15) is 61.1 Å². The number of hydrogen-bond acceptors (Lipinski definition) is 18. The van der Waals surface area contributed by atoms with Crippen molar-refractivity contribution >= 4 is 133 Å². The minimum absolute atomic E-state index is 0. The maximum Gasteiger partial charge on any atom is 0.328 e. The predicted molar refractivity (Wildman–Crippen MR) is 534 cm³/mol. The van der Waals surface area contributed by atoms with Gasteiger partial charge in [-0.3, -0.25) is 71.5 Å². The van der Waals surface area contributed by atoms with E-state index in [0.29, 0.717) is 84.8 Å². The number of aromatic amines is 3. The van der Waals surface area contributed by atoms with Crippen molar-refractivity contribution in [2.24, 2.45) is 0 Å². The van der Waals surface area contributed by atoms with E-state index < -0.39 is 53.7 Å². The van der Waals surface area contributed by atoms with Gasteiger partial charge in [0.05, 0.1) is 48.8 Å². The van der Waals surface area contributed by atoms with Gasteiger partial charge in [0.2, 0.25) is 23.8 Å². The molecule has 0 unspecified atom stereocenters. The zero-order valence-electron chi connectivity index (χ0n) is 59.4. The largest absolute Gasteiger partial charge is 0.493 e. The molecule has 0 aliphatic heterocycles. The van der Waals surface area contributed by atoms with Gasteiger partial charge in [-0.05, 0) is 64.2 Å². The van der Waals surface area contributed by atoms with Crippen LogP contribution in [0.2, 0.25) is 0 Å². The molecule has 732 valence electrons. The number of anilines is 3. The van der Waals surface area contributed by atoms with Crippen molar-refractivity contribution in [2.75, 3.05) is 30.4 Å². The molecule has 126 heavy (non-hydrogen) atoms. The number of hydrogen-bond donors (Lipinski definition) is 11. The first-order valence-corrected chi connectivity index (χ1v) is 29.7. The smallest absolute Gasteiger partial charge is 0.328 e. The quantitative estimate of drug-likeness (QED) is 0.00498. The van der Waals surface area contributed by atoms with Crippen molar-refractivity contribution in [1.82, 2.24) is 54.2 Å². The first-order chi connectivity index (χ1) is 47.9. The Balaban J connectivity index is -0.0000000354. The first-order valence-electron chi connectivity index (χ1n) is 29.7. The predicted octanol–water partition coefficient (Wildman–Crippen LogP) is 20.4. The van der Waals surface area contributed by atoms with Gasteiger partial charge in [0.25, 0.3) is 16.7 Å². The van der Waals surface area contributed by atoms with E-state index in [2.05, 4.69) is 136 Å². The van der Waals surface area contributed by atoms with Gasteiger partial charge >= 0.3 is 23.9 Å². The fraction of sp³-hybridized carbons (Fsp3) is 0.437. The van der Waals surface area contributed by atoms with Crippen molar-refractivity contribution in [3.05, 3.63) is 219 Å². The summed E-state index contributed by atoms with van der Waals surface area (Å²) in [5.41, 5.74) is 18.7. The summed E-state index contributed by atoms with van der Waals surface area (Å²) < 4.78 is 45.3. The molecule has 0 saturated carbocycles. The van der Waals surface area contributed by atoms with Crippen LogP contribution in [0.1, 0.15) is 219 Å². The van der Waals surface area contributed by atoms with Gasteiger partial charge in [0.1, 0.15) is 40.4 Å². The van der Waals surface area contributed by atoms with Crippen LogP contribution in [-0.2, 0) is 194 Å². The number of unbranched alkanes of at least 4 members (excludes halogenated alkanes) is 3. The number of rotatable bonds is 30. The summed E-state index contributed by atoms with van der Waals surface area (Å²) in [4.78, 5) is 134. The number of esters is 2. The van der Waals surface area contributed by atoms with Crippen molar-refractivity contribution in [3.8, 4) is 0 Å². The number of halogens is 3. The molecule has 4 radical (unpaired) electrons. The number of fused-ring (bicyclic) bond motifs is 3. The number of aryl methyl sites for hydroxylation is 3. The zero-order valence-corrected chi connectivity index (χ0v) is 73.7. The molecule has 14 N–H and O–H groups in total. The Morgan fingerprint density at radius 2 is 0.706 bits per heavy atom. The van der Waals surface area contributed by atoms with Crippen LogP contribution in [0.15, 0.2) is 166 Å². The number of aromatic nitrogens is 9. The number of aliphatic carboxylic acids is 3. The van der Waals surface area contributed by atoms with Gasteiger partial charge < -0.3 is 121 Å². The van der Waals surface area contributed by atoms with Crippen LogP contribution in [0, 0.1) is 36.5 Å². The number of ether oxygens (including phenoxy) is 2. The standard InChI is InChI=1S/C23H29N5O6.C19H21N5O6.C14H14N4O3.3C2H3F.3C2H4.19CH4.3H2S.4Y/c1-3-33-19(30)12-11-17(22(32)34-4-2)25-18(29)10-8-6-5-7-9-14-28-15-13-16-20(28)21(31)27-23(24)26-16;20-19-22-12-9-11-24(16(12)17(28)23-19)10-5-3-1-2-4-6-14(25)21-13(18(29)30)7-8-15(26)27;15-14-16-10-7-9-18(12(10)13(21)17-14)8-5-3-1-2-4-6-11(19)20;3*1-2-3;3*1-2;;;;;;;;;;;;;;;;;;;;;;;;;;/h6,8,13,15,17H,3-4,7,9,11-12,14H2,1-2H3,(H,25,29)(H3,24,26,27,31);2,4,9,11,13H,3,5,7-8,10H2,(H,21,25)(H,26,27)(H,29,30)(H3,20,22,23,28);2,4,7,9H,3,5,8H2,(H,19,20)(H3,15,16,17,21);3*2H,1H2;3*1-2H2;19*1H4;3*1H2;;;;/q3*-2;;;;;;;;;;;;;;;;;;;;;;;;;;;;;;;;/t17-;13-;;;;;;;;;;;;;;;;;;;;;;;;;;;;;;;;;/m00................................./s1. The third kappa shape index (κ3) is 93.2. The van der Waals surface area contributed by atoms with Gasteiger partial charge in [-0.25, -0.2) is 37.7 Å². The van der Waals surface area contributed by atoms with Gasteiger partial charge in [0.15, 0.2) is 0 Å². The molecule has 29 nitrogen and oxygen atoms in total. The van der Waals surface area contributed by atoms with Crippen molar-refractivity contribution in [1.29, 1.82) is 0 Å². The van der Waals surface area contributed by atoms with E-state index in [0.717, 1.165) is 6.42 Å². The molecule has 0 saturated heterocycles. The number of carboxylic acids is 3. The molecule has 2 amide bonds. The molecule has 6 heterocycles. The van der Waals surface area contributed by atoms with E-state index in [1.54, 1.807) is 65.8 Å². The number of nitrogens with one attached hydrogen (secondary N) is 5. The molecule has 6 rings (SSSR count). The fourth-order valence-corrected chi connectivity index (χ4v) is 7.69. The summed E-state index contributed by atoms with van der Waals surface area (Å²) in [6.45, 7) is 31.6. The number of carboxylic acid groups (broad SMARTS) is 3. The summed E-state index contributed by atoms with van der Waals surface area (Å²) in [6, 6.07) is 2.90. The molecular formula is C87H167F3N14O15S3Y4-6. The summed E-state index contributed by atoms with van der Waals surface area (Å²) in [5.74, 6) is -5.81. The SMILES string of the molecule is C.C.C.C.C.C.C.C.C.C.C.C.C.C.C.C.C.C.C.C=C.C=C.C=C.C=CF.C=CF.C=CF.CCOC(=O)CC[C@H](NC(=O)[C-]=CC=[C-]CCCn1ccc2nc(N)[nH]c(=O)c21)C(=O)OCC.Nc1nc2ccn(CCC[C-]=CC=[C-]C(=O)N[C@@H](CCC(=O)O)C(=O)O)c2c(=O)[nH]1.Nc1nc2ccn(CCC[C-]=CC=[C-]C(=O)O)c2c(=O)[nH]1.S.S.S.[Y].[Y].[Y].[Y]. The normalized spacial score (nSPS) is 8.67. The van der Waals surface area contributed by atoms with Crippen LogP contribution in [-0.4, -0.2) is 126 Å². The van der Waals surface area contributed by atoms with E-state index in [1.807, 2.05) is 4.57 Å². The summed E-state index contributed by atoms with van der Waals surface area (Å²) >= 11 is 0. The average molecular weight is 2160 g/mol. The average Bonchev–Trinajstić information content (AvgIpc) is 1.67. The third-order valence-electron chi connectivity index (χ3n) is 11.4. The number of amides is 2. The van der Waals surface area contributed by atoms with Crippen LogP contribution in [0.5, 0.6) is 0 Å². The first kappa shape index (κ1) is 205. The molecule has 0 spiro atoms. The van der Waals surface area contributed by atoms with E-state index in [-0.39, 0.29) is 405 Å². The van der Waals surface area contributed by atoms with Crippen LogP contribution in [0.4, 0.5) is 31.0 Å². The zero-order chi connectivity index (χ0) is 76.4. The molecule has 39 heteroatoms. The van der Waals surface area contributed by atoms with Crippen LogP contribution >= 0.6 is 40.5 Å². The molecule has 0 bridgehead atoms. The second-order valence-corrected chi connectivity index (χ2v) is 18.1. The van der Waals surface area contributed by atoms with Crippen molar-refractivity contribution in [3.63, 3.8) is 0 Å². The maximum absolute atomic E-state index is 12.1. The van der Waals surface area contributed by atoms with Gasteiger partial charge in [0, 0.05) is 182 Å². The number of allylic oxidation sites excluding steroid dienone is 9. The summed E-state index contributed by atoms with van der Waals surface area (Å²) in [7, 11) is 0. The number of nitrogens with two attached hydrogens (primary N) is 3. The number of carbonyl (C=O) groups excluding carboxylic acids is 4.